The Morgan fingerprint density at radius 2 is 1.60 bits per heavy atom. The average molecular weight is 464 g/mol. The molecule has 30 heavy (non-hydrogen) atoms. The van der Waals surface area contributed by atoms with Crippen LogP contribution in [0.3, 0.4) is 0 Å². The summed E-state index contributed by atoms with van der Waals surface area (Å²) in [7, 11) is -3.74. The summed E-state index contributed by atoms with van der Waals surface area (Å²) in [5.41, 5.74) is 2.66. The van der Waals surface area contributed by atoms with Crippen molar-refractivity contribution >= 4 is 38.1 Å². The lowest BCUT2D eigenvalue weighted by Gasteiger charge is -2.35. The summed E-state index contributed by atoms with van der Waals surface area (Å²) in [6, 6.07) is 14.1. The molecule has 3 aromatic rings. The van der Waals surface area contributed by atoms with Gasteiger partial charge in [0.15, 0.2) is 5.13 Å². The Hall–Kier alpha value is -1.97. The van der Waals surface area contributed by atoms with E-state index < -0.39 is 10.0 Å². The second kappa shape index (κ2) is 8.28. The maximum Gasteiger partial charge on any atom is 0.238 e. The number of primary sulfonamides is 1. The molecular weight excluding hydrogens is 442 g/mol. The minimum absolute atomic E-state index is 0.0832. The number of hydrogen-bond donors (Lipinski definition) is 1. The van der Waals surface area contributed by atoms with Crippen LogP contribution in [-0.4, -0.2) is 38.7 Å². The number of rotatable bonds is 4. The Morgan fingerprint density at radius 1 is 1.03 bits per heavy atom. The van der Waals surface area contributed by atoms with E-state index in [1.807, 2.05) is 24.3 Å². The van der Waals surface area contributed by atoms with E-state index in [4.69, 9.17) is 26.5 Å². The van der Waals surface area contributed by atoms with E-state index >= 15 is 0 Å². The van der Waals surface area contributed by atoms with Crippen molar-refractivity contribution in [1.82, 2.24) is 4.98 Å². The van der Waals surface area contributed by atoms with Gasteiger partial charge >= 0.3 is 0 Å². The van der Waals surface area contributed by atoms with Gasteiger partial charge in [-0.25, -0.2) is 18.5 Å². The van der Waals surface area contributed by atoms with Crippen LogP contribution in [0.15, 0.2) is 53.4 Å². The smallest absolute Gasteiger partial charge is 0.238 e. The molecule has 2 aromatic carbocycles. The van der Waals surface area contributed by atoms with Crippen molar-refractivity contribution in [2.24, 2.45) is 5.14 Å². The molecule has 0 saturated carbocycles. The number of thiazole rings is 1. The third kappa shape index (κ3) is 4.53. The van der Waals surface area contributed by atoms with E-state index in [2.05, 4.69) is 18.7 Å². The highest BCUT2D eigenvalue weighted by atomic mass is 35.5. The number of morpholine rings is 1. The van der Waals surface area contributed by atoms with E-state index in [-0.39, 0.29) is 17.1 Å². The number of nitrogens with two attached hydrogens (primary N) is 1. The molecule has 0 radical (unpaired) electrons. The summed E-state index contributed by atoms with van der Waals surface area (Å²) < 4.78 is 29.1. The maximum atomic E-state index is 11.6. The van der Waals surface area contributed by atoms with Crippen LogP contribution in [0.2, 0.25) is 5.02 Å². The predicted octanol–water partition coefficient (Wildman–Crippen LogP) is 4.39. The minimum Gasteiger partial charge on any atom is -0.372 e. The van der Waals surface area contributed by atoms with Crippen LogP contribution in [0.1, 0.15) is 13.8 Å². The van der Waals surface area contributed by atoms with Crippen LogP contribution < -0.4 is 10.0 Å². The monoisotopic (exact) mass is 463 g/mol. The molecule has 4 rings (SSSR count). The van der Waals surface area contributed by atoms with Gasteiger partial charge < -0.3 is 9.64 Å². The SMILES string of the molecule is C[C@@H]1CN(c2nc(-c3ccc(Cl)cc3)c(-c3ccc(S(N)(=O)=O)cc3)s2)C[C@H](C)O1. The Bertz CT molecular complexity index is 1140. The number of ether oxygens (including phenoxy) is 1. The van der Waals surface area contributed by atoms with Gasteiger partial charge in [-0.2, -0.15) is 0 Å². The molecule has 0 unspecified atom stereocenters. The van der Waals surface area contributed by atoms with E-state index in [0.29, 0.717) is 5.02 Å². The third-order valence-corrected chi connectivity index (χ3v) is 7.22. The molecule has 0 bridgehead atoms. The number of halogens is 1. The van der Waals surface area contributed by atoms with Crippen LogP contribution in [-0.2, 0) is 14.8 Å². The van der Waals surface area contributed by atoms with Gasteiger partial charge in [0.1, 0.15) is 0 Å². The van der Waals surface area contributed by atoms with Crippen molar-refractivity contribution in [2.45, 2.75) is 31.0 Å². The van der Waals surface area contributed by atoms with Crippen LogP contribution in [0.25, 0.3) is 21.7 Å². The lowest BCUT2D eigenvalue weighted by molar-refractivity contribution is -0.00522. The van der Waals surface area contributed by atoms with Gasteiger partial charge in [0.2, 0.25) is 10.0 Å². The summed E-state index contributed by atoms with van der Waals surface area (Å²) in [4.78, 5) is 8.24. The van der Waals surface area contributed by atoms with E-state index in [0.717, 1.165) is 39.9 Å². The van der Waals surface area contributed by atoms with E-state index in [1.165, 1.54) is 12.1 Å². The van der Waals surface area contributed by atoms with E-state index in [1.54, 1.807) is 23.5 Å². The van der Waals surface area contributed by atoms with Crippen LogP contribution in [0.5, 0.6) is 0 Å². The van der Waals surface area contributed by atoms with Gasteiger partial charge in [-0.15, -0.1) is 0 Å². The summed E-state index contributed by atoms with van der Waals surface area (Å²) in [5, 5.41) is 6.81. The molecule has 0 aliphatic carbocycles. The van der Waals surface area contributed by atoms with Gasteiger partial charge in [0.25, 0.3) is 0 Å². The molecule has 1 aliphatic heterocycles. The first kappa shape index (κ1) is 21.3. The highest BCUT2D eigenvalue weighted by Crippen LogP contribution is 2.41. The number of aromatic nitrogens is 1. The van der Waals surface area contributed by atoms with Gasteiger partial charge in [-0.1, -0.05) is 47.2 Å². The summed E-state index contributed by atoms with van der Waals surface area (Å²) in [6.45, 7) is 5.65. The van der Waals surface area contributed by atoms with Crippen LogP contribution >= 0.6 is 22.9 Å². The third-order valence-electron chi connectivity index (χ3n) is 4.87. The first-order chi connectivity index (χ1) is 14.2. The number of sulfonamides is 1. The quantitative estimate of drug-likeness (QED) is 0.620. The number of hydrogen-bond acceptors (Lipinski definition) is 6. The number of anilines is 1. The number of nitrogens with zero attached hydrogens (tertiary/aromatic N) is 2. The zero-order valence-corrected chi connectivity index (χ0v) is 19.0. The van der Waals surface area contributed by atoms with Crippen molar-refractivity contribution in [2.75, 3.05) is 18.0 Å². The lowest BCUT2D eigenvalue weighted by Crippen LogP contribution is -2.45. The Balaban J connectivity index is 1.79. The van der Waals surface area contributed by atoms with Crippen molar-refractivity contribution in [3.8, 4) is 21.7 Å². The van der Waals surface area contributed by atoms with E-state index in [9.17, 15) is 8.42 Å². The summed E-state index contributed by atoms with van der Waals surface area (Å²) >= 11 is 7.65. The molecule has 1 aromatic heterocycles. The Morgan fingerprint density at radius 3 is 2.17 bits per heavy atom. The van der Waals surface area contributed by atoms with Crippen molar-refractivity contribution in [3.05, 3.63) is 53.6 Å². The molecule has 9 heteroatoms. The van der Waals surface area contributed by atoms with Gasteiger partial charge in [-0.05, 0) is 43.7 Å². The standard InChI is InChI=1S/C21H22ClN3O3S2/c1-13-11-25(12-14(2)28-13)21-24-19(15-3-7-17(22)8-4-15)20(29-21)16-5-9-18(10-6-16)30(23,26)27/h3-10,13-14H,11-12H2,1-2H3,(H2,23,26,27)/t13-,14+. The average Bonchev–Trinajstić information content (AvgIpc) is 3.13. The zero-order valence-electron chi connectivity index (χ0n) is 16.6. The van der Waals surface area contributed by atoms with Crippen molar-refractivity contribution in [3.63, 3.8) is 0 Å². The van der Waals surface area contributed by atoms with Crippen molar-refractivity contribution < 1.29 is 13.2 Å². The first-order valence-corrected chi connectivity index (χ1v) is 12.2. The maximum absolute atomic E-state index is 11.6. The fourth-order valence-electron chi connectivity index (χ4n) is 3.57. The van der Waals surface area contributed by atoms with Crippen molar-refractivity contribution in [1.29, 1.82) is 0 Å². The van der Waals surface area contributed by atoms with Gasteiger partial charge in [0, 0.05) is 23.7 Å². The van der Waals surface area contributed by atoms with Crippen LogP contribution in [0, 0.1) is 0 Å². The largest absolute Gasteiger partial charge is 0.372 e. The molecule has 0 spiro atoms. The van der Waals surface area contributed by atoms with Crippen LogP contribution in [0.4, 0.5) is 5.13 Å². The Labute approximate surface area is 185 Å². The lowest BCUT2D eigenvalue weighted by atomic mass is 10.1. The minimum atomic E-state index is -3.74. The summed E-state index contributed by atoms with van der Waals surface area (Å²) in [6.07, 6.45) is 0.239. The topological polar surface area (TPSA) is 85.5 Å². The molecule has 1 fully saturated rings. The predicted molar refractivity (Wildman–Crippen MR) is 122 cm³/mol. The summed E-state index contributed by atoms with van der Waals surface area (Å²) in [5.74, 6) is 0. The van der Waals surface area contributed by atoms with Gasteiger partial charge in [0.05, 0.1) is 27.7 Å². The molecule has 2 atom stereocenters. The molecular formula is C21H22ClN3O3S2. The first-order valence-electron chi connectivity index (χ1n) is 9.51. The fourth-order valence-corrected chi connectivity index (χ4v) is 5.33. The second-order valence-corrected chi connectivity index (χ2v) is 10.4. The zero-order chi connectivity index (χ0) is 21.5. The molecule has 6 nitrogen and oxygen atoms in total. The molecule has 1 saturated heterocycles. The molecule has 2 N–H and O–H groups in total. The highest BCUT2D eigenvalue weighted by Gasteiger charge is 2.26. The Kier molecular flexibility index (Phi) is 5.87. The van der Waals surface area contributed by atoms with Gasteiger partial charge in [-0.3, -0.25) is 0 Å². The fraction of sp³-hybridized carbons (Fsp3) is 0.286. The molecule has 1 aliphatic rings. The normalized spacial score (nSPS) is 19.8. The number of benzene rings is 2. The molecule has 0 amide bonds. The molecule has 158 valence electrons. The molecule has 2 heterocycles. The highest BCUT2D eigenvalue weighted by molar-refractivity contribution is 7.89. The second-order valence-electron chi connectivity index (χ2n) is 7.41.